The number of aromatic nitrogens is 1. The Kier molecular flexibility index (Phi) is 3.37. The van der Waals surface area contributed by atoms with Gasteiger partial charge in [-0.05, 0) is 31.4 Å². The molecular formula is C12H14N2O3. The number of hydrogen-bond acceptors (Lipinski definition) is 3. The Balaban J connectivity index is 2.20. The van der Waals surface area contributed by atoms with Crippen LogP contribution < -0.4 is 0 Å². The Bertz CT molecular complexity index is 419. The lowest BCUT2D eigenvalue weighted by Crippen LogP contribution is -2.48. The molecule has 5 nitrogen and oxygen atoms in total. The third-order valence-corrected chi connectivity index (χ3v) is 2.93. The summed E-state index contributed by atoms with van der Waals surface area (Å²) in [6, 6.07) is 4.34. The maximum Gasteiger partial charge on any atom is 0.326 e. The summed E-state index contributed by atoms with van der Waals surface area (Å²) < 4.78 is 0. The van der Waals surface area contributed by atoms with Crippen LogP contribution in [-0.2, 0) is 4.79 Å². The molecule has 5 heteroatoms. The Morgan fingerprint density at radius 3 is 2.82 bits per heavy atom. The molecule has 1 amide bonds. The van der Waals surface area contributed by atoms with Crippen LogP contribution in [0.15, 0.2) is 24.4 Å². The van der Waals surface area contributed by atoms with Gasteiger partial charge in [0.05, 0.1) is 0 Å². The number of carbonyl (C=O) groups is 2. The molecule has 1 aliphatic heterocycles. The lowest BCUT2D eigenvalue weighted by atomic mass is 10.0. The van der Waals surface area contributed by atoms with E-state index in [-0.39, 0.29) is 5.91 Å². The van der Waals surface area contributed by atoms with Gasteiger partial charge in [0.2, 0.25) is 0 Å². The highest BCUT2D eigenvalue weighted by Gasteiger charge is 2.32. The monoisotopic (exact) mass is 234 g/mol. The van der Waals surface area contributed by atoms with Crippen molar-refractivity contribution < 1.29 is 14.7 Å². The zero-order valence-electron chi connectivity index (χ0n) is 9.37. The van der Waals surface area contributed by atoms with Gasteiger partial charge in [0.15, 0.2) is 0 Å². The summed E-state index contributed by atoms with van der Waals surface area (Å²) in [4.78, 5) is 28.6. The highest BCUT2D eigenvalue weighted by Crippen LogP contribution is 2.19. The fourth-order valence-electron chi connectivity index (χ4n) is 2.07. The zero-order chi connectivity index (χ0) is 12.3. The Morgan fingerprint density at radius 2 is 2.18 bits per heavy atom. The van der Waals surface area contributed by atoms with Crippen LogP contribution in [0.1, 0.15) is 29.8 Å². The van der Waals surface area contributed by atoms with Gasteiger partial charge in [-0.1, -0.05) is 6.07 Å². The standard InChI is InChI=1S/C12H14N2O3/c15-11(9-5-1-3-7-13-9)14-8-4-2-6-10(14)12(16)17/h1,3,5,7,10H,2,4,6,8H2,(H,16,17)/t10-/m1/s1. The summed E-state index contributed by atoms with van der Waals surface area (Å²) in [5, 5.41) is 9.09. The van der Waals surface area contributed by atoms with Gasteiger partial charge in [0, 0.05) is 12.7 Å². The van der Waals surface area contributed by atoms with Crippen LogP contribution in [0.5, 0.6) is 0 Å². The fourth-order valence-corrected chi connectivity index (χ4v) is 2.07. The van der Waals surface area contributed by atoms with E-state index in [0.717, 1.165) is 12.8 Å². The number of carbonyl (C=O) groups excluding carboxylic acids is 1. The number of amides is 1. The fraction of sp³-hybridized carbons (Fsp3) is 0.417. The third kappa shape index (κ3) is 2.43. The zero-order valence-corrected chi connectivity index (χ0v) is 9.37. The number of piperidine rings is 1. The van der Waals surface area contributed by atoms with Crippen molar-refractivity contribution in [1.82, 2.24) is 9.88 Å². The van der Waals surface area contributed by atoms with Crippen molar-refractivity contribution in [2.45, 2.75) is 25.3 Å². The summed E-state index contributed by atoms with van der Waals surface area (Å²) in [7, 11) is 0. The van der Waals surface area contributed by atoms with Crippen LogP contribution in [0.3, 0.4) is 0 Å². The van der Waals surface area contributed by atoms with E-state index in [2.05, 4.69) is 4.98 Å². The first-order valence-electron chi connectivity index (χ1n) is 5.65. The number of likely N-dealkylation sites (tertiary alicyclic amines) is 1. The molecule has 2 rings (SSSR count). The lowest BCUT2D eigenvalue weighted by molar-refractivity contribution is -0.143. The van der Waals surface area contributed by atoms with Crippen molar-refractivity contribution in [2.75, 3.05) is 6.54 Å². The highest BCUT2D eigenvalue weighted by molar-refractivity contribution is 5.95. The van der Waals surface area contributed by atoms with Crippen LogP contribution >= 0.6 is 0 Å². The third-order valence-electron chi connectivity index (χ3n) is 2.93. The minimum absolute atomic E-state index is 0.294. The molecule has 1 atom stereocenters. The van der Waals surface area contributed by atoms with Gasteiger partial charge in [0.25, 0.3) is 5.91 Å². The molecule has 1 aliphatic rings. The summed E-state index contributed by atoms with van der Waals surface area (Å²) in [6.45, 7) is 0.492. The van der Waals surface area contributed by atoms with Gasteiger partial charge in [-0.25, -0.2) is 4.79 Å². The Labute approximate surface area is 99.1 Å². The molecule has 0 aliphatic carbocycles. The molecule has 0 aromatic carbocycles. The molecule has 0 bridgehead atoms. The molecule has 17 heavy (non-hydrogen) atoms. The van der Waals surface area contributed by atoms with Crippen molar-refractivity contribution in [3.63, 3.8) is 0 Å². The second-order valence-electron chi connectivity index (χ2n) is 4.06. The predicted octanol–water partition coefficient (Wildman–Crippen LogP) is 1.16. The van der Waals surface area contributed by atoms with Crippen LogP contribution in [-0.4, -0.2) is 39.5 Å². The van der Waals surface area contributed by atoms with Crippen LogP contribution in [0.25, 0.3) is 0 Å². The number of carboxylic acid groups (broad SMARTS) is 1. The minimum atomic E-state index is -0.936. The summed E-state index contributed by atoms with van der Waals surface area (Å²) in [6.07, 6.45) is 3.76. The molecule has 1 fully saturated rings. The second kappa shape index (κ2) is 4.95. The number of nitrogens with zero attached hydrogens (tertiary/aromatic N) is 2. The molecule has 0 radical (unpaired) electrons. The molecular weight excluding hydrogens is 220 g/mol. The summed E-state index contributed by atoms with van der Waals surface area (Å²) in [5.74, 6) is -1.23. The number of aliphatic carboxylic acids is 1. The highest BCUT2D eigenvalue weighted by atomic mass is 16.4. The SMILES string of the molecule is O=C(O)[C@H]1CCCCN1C(=O)c1ccccn1. The van der Waals surface area contributed by atoms with E-state index in [0.29, 0.717) is 18.7 Å². The lowest BCUT2D eigenvalue weighted by Gasteiger charge is -2.32. The second-order valence-corrected chi connectivity index (χ2v) is 4.06. The Morgan fingerprint density at radius 1 is 1.35 bits per heavy atom. The molecule has 0 saturated carbocycles. The summed E-state index contributed by atoms with van der Waals surface area (Å²) in [5.41, 5.74) is 0.306. The maximum absolute atomic E-state index is 12.1. The number of carboxylic acids is 1. The van der Waals surface area contributed by atoms with Crippen molar-refractivity contribution in [3.8, 4) is 0 Å². The predicted molar refractivity (Wildman–Crippen MR) is 60.5 cm³/mol. The normalized spacial score (nSPS) is 20.0. The van der Waals surface area contributed by atoms with Gasteiger partial charge >= 0.3 is 5.97 Å². The van der Waals surface area contributed by atoms with E-state index < -0.39 is 12.0 Å². The van der Waals surface area contributed by atoms with E-state index in [1.54, 1.807) is 18.2 Å². The molecule has 0 spiro atoms. The van der Waals surface area contributed by atoms with Crippen molar-refractivity contribution in [2.24, 2.45) is 0 Å². The average Bonchev–Trinajstić information content (AvgIpc) is 2.39. The van der Waals surface area contributed by atoms with Gasteiger partial charge in [-0.15, -0.1) is 0 Å². The number of hydrogen-bond donors (Lipinski definition) is 1. The molecule has 0 unspecified atom stereocenters. The van der Waals surface area contributed by atoms with E-state index in [1.807, 2.05) is 0 Å². The average molecular weight is 234 g/mol. The van der Waals surface area contributed by atoms with Gasteiger partial charge in [-0.2, -0.15) is 0 Å². The van der Waals surface area contributed by atoms with Crippen LogP contribution in [0, 0.1) is 0 Å². The minimum Gasteiger partial charge on any atom is -0.480 e. The maximum atomic E-state index is 12.1. The molecule has 1 saturated heterocycles. The molecule has 1 aromatic heterocycles. The topological polar surface area (TPSA) is 70.5 Å². The van der Waals surface area contributed by atoms with Crippen molar-refractivity contribution in [1.29, 1.82) is 0 Å². The number of rotatable bonds is 2. The van der Waals surface area contributed by atoms with E-state index in [4.69, 9.17) is 5.11 Å². The van der Waals surface area contributed by atoms with Crippen LogP contribution in [0.2, 0.25) is 0 Å². The first-order chi connectivity index (χ1) is 8.20. The number of pyridine rings is 1. The first kappa shape index (κ1) is 11.6. The quantitative estimate of drug-likeness (QED) is 0.833. The molecule has 1 N–H and O–H groups in total. The molecule has 90 valence electrons. The largest absolute Gasteiger partial charge is 0.480 e. The van der Waals surface area contributed by atoms with Gasteiger partial charge < -0.3 is 10.0 Å². The summed E-state index contributed by atoms with van der Waals surface area (Å²) >= 11 is 0. The van der Waals surface area contributed by atoms with E-state index >= 15 is 0 Å². The van der Waals surface area contributed by atoms with E-state index in [1.165, 1.54) is 11.1 Å². The van der Waals surface area contributed by atoms with Crippen LogP contribution in [0.4, 0.5) is 0 Å². The first-order valence-corrected chi connectivity index (χ1v) is 5.65. The van der Waals surface area contributed by atoms with Crippen molar-refractivity contribution in [3.05, 3.63) is 30.1 Å². The van der Waals surface area contributed by atoms with Crippen molar-refractivity contribution >= 4 is 11.9 Å². The Hall–Kier alpha value is -1.91. The molecule has 2 heterocycles. The van der Waals surface area contributed by atoms with Gasteiger partial charge in [0.1, 0.15) is 11.7 Å². The molecule has 1 aromatic rings. The smallest absolute Gasteiger partial charge is 0.326 e. The van der Waals surface area contributed by atoms with Gasteiger partial charge in [-0.3, -0.25) is 9.78 Å². The van der Waals surface area contributed by atoms with E-state index in [9.17, 15) is 9.59 Å².